The Morgan fingerprint density at radius 3 is 2.55 bits per heavy atom. The zero-order valence-corrected chi connectivity index (χ0v) is 13.8. The van der Waals surface area contributed by atoms with E-state index in [2.05, 4.69) is 31.1 Å². The van der Waals surface area contributed by atoms with E-state index in [1.807, 2.05) is 24.1 Å². The van der Waals surface area contributed by atoms with Gasteiger partial charge in [-0.1, -0.05) is 0 Å². The van der Waals surface area contributed by atoms with Crippen molar-refractivity contribution < 1.29 is 8.42 Å². The highest BCUT2D eigenvalue weighted by atomic mass is 32.2. The van der Waals surface area contributed by atoms with E-state index in [1.165, 1.54) is 6.26 Å². The number of nitrogens with zero attached hydrogens (tertiary/aromatic N) is 2. The summed E-state index contributed by atoms with van der Waals surface area (Å²) in [6.07, 6.45) is 3.01. The van der Waals surface area contributed by atoms with E-state index in [4.69, 9.17) is 0 Å². The number of rotatable bonds is 6. The first kappa shape index (κ1) is 16.9. The Balaban J connectivity index is 2.67. The number of aromatic nitrogens is 1. The lowest BCUT2D eigenvalue weighted by Gasteiger charge is -2.22. The van der Waals surface area contributed by atoms with E-state index in [1.54, 1.807) is 6.20 Å². The molecular weight excluding hydrogens is 274 g/mol. The number of sulfone groups is 1. The smallest absolute Gasteiger partial charge is 0.149 e. The molecule has 1 rings (SSSR count). The molecule has 5 nitrogen and oxygen atoms in total. The molecule has 0 saturated heterocycles. The summed E-state index contributed by atoms with van der Waals surface area (Å²) in [5.41, 5.74) is 1.97. The van der Waals surface area contributed by atoms with Crippen LogP contribution in [0.2, 0.25) is 0 Å². The summed E-state index contributed by atoms with van der Waals surface area (Å²) in [5, 5.41) is 3.38. The predicted molar refractivity (Wildman–Crippen MR) is 83.8 cm³/mol. The van der Waals surface area contributed by atoms with Crippen molar-refractivity contribution in [1.82, 2.24) is 10.3 Å². The highest BCUT2D eigenvalue weighted by Crippen LogP contribution is 2.13. The Kier molecular flexibility index (Phi) is 5.53. The van der Waals surface area contributed by atoms with E-state index in [9.17, 15) is 8.42 Å². The van der Waals surface area contributed by atoms with Crippen molar-refractivity contribution >= 4 is 15.5 Å². The Morgan fingerprint density at radius 1 is 1.35 bits per heavy atom. The van der Waals surface area contributed by atoms with Crippen LogP contribution in [0.4, 0.5) is 5.69 Å². The first-order valence-electron chi connectivity index (χ1n) is 6.66. The van der Waals surface area contributed by atoms with E-state index >= 15 is 0 Å². The number of nitrogens with one attached hydrogen (secondary N) is 1. The average molecular weight is 299 g/mol. The van der Waals surface area contributed by atoms with Gasteiger partial charge in [0.05, 0.1) is 11.4 Å². The van der Waals surface area contributed by atoms with Gasteiger partial charge in [0.25, 0.3) is 0 Å². The molecule has 1 N–H and O–H groups in total. The van der Waals surface area contributed by atoms with Gasteiger partial charge in [0, 0.05) is 43.8 Å². The maximum absolute atomic E-state index is 11.2. The lowest BCUT2D eigenvalue weighted by molar-refractivity contribution is 0.421. The molecule has 6 heteroatoms. The van der Waals surface area contributed by atoms with Gasteiger partial charge in [0.15, 0.2) is 0 Å². The zero-order valence-electron chi connectivity index (χ0n) is 13.0. The SMILES string of the molecule is CN(CCS(C)(=O)=O)c1ccnc(CNC(C)(C)C)c1. The van der Waals surface area contributed by atoms with Crippen LogP contribution < -0.4 is 10.2 Å². The van der Waals surface area contributed by atoms with Crippen LogP contribution in [0.1, 0.15) is 26.5 Å². The molecule has 0 unspecified atom stereocenters. The van der Waals surface area contributed by atoms with Crippen LogP contribution in [0, 0.1) is 0 Å². The van der Waals surface area contributed by atoms with Crippen LogP contribution in [0.25, 0.3) is 0 Å². The molecule has 114 valence electrons. The highest BCUT2D eigenvalue weighted by Gasteiger charge is 2.10. The number of hydrogen-bond acceptors (Lipinski definition) is 5. The molecule has 1 aromatic heterocycles. The molecule has 0 atom stereocenters. The number of hydrogen-bond donors (Lipinski definition) is 1. The van der Waals surface area contributed by atoms with Crippen molar-refractivity contribution in [3.63, 3.8) is 0 Å². The van der Waals surface area contributed by atoms with Gasteiger partial charge in [-0.2, -0.15) is 0 Å². The van der Waals surface area contributed by atoms with Crippen molar-refractivity contribution in [2.75, 3.05) is 30.5 Å². The molecule has 0 fully saturated rings. The largest absolute Gasteiger partial charge is 0.373 e. The minimum Gasteiger partial charge on any atom is -0.373 e. The van der Waals surface area contributed by atoms with Crippen LogP contribution in [-0.4, -0.2) is 44.5 Å². The summed E-state index contributed by atoms with van der Waals surface area (Å²) < 4.78 is 22.4. The van der Waals surface area contributed by atoms with Crippen LogP contribution >= 0.6 is 0 Å². The van der Waals surface area contributed by atoms with Gasteiger partial charge >= 0.3 is 0 Å². The molecule has 0 bridgehead atoms. The third-order valence-corrected chi connectivity index (χ3v) is 3.76. The lowest BCUT2D eigenvalue weighted by Crippen LogP contribution is -2.35. The second-order valence-electron chi connectivity index (χ2n) is 6.16. The average Bonchev–Trinajstić information content (AvgIpc) is 2.32. The van der Waals surface area contributed by atoms with Gasteiger partial charge in [-0.05, 0) is 32.9 Å². The molecule has 0 aliphatic rings. The van der Waals surface area contributed by atoms with Gasteiger partial charge < -0.3 is 10.2 Å². The standard InChI is InChI=1S/C14H25N3O2S/c1-14(2,3)16-11-12-10-13(6-7-15-12)17(4)8-9-20(5,18)19/h6-7,10,16H,8-9,11H2,1-5H3. The maximum Gasteiger partial charge on any atom is 0.149 e. The Hall–Kier alpha value is -1.14. The van der Waals surface area contributed by atoms with Gasteiger partial charge in [0.1, 0.15) is 9.84 Å². The fourth-order valence-electron chi connectivity index (χ4n) is 1.59. The molecule has 0 spiro atoms. The molecule has 0 aliphatic carbocycles. The third kappa shape index (κ3) is 6.86. The van der Waals surface area contributed by atoms with Gasteiger partial charge in [0.2, 0.25) is 0 Å². The van der Waals surface area contributed by atoms with Crippen molar-refractivity contribution in [3.8, 4) is 0 Å². The molecule has 0 saturated carbocycles. The van der Waals surface area contributed by atoms with E-state index in [0.29, 0.717) is 13.1 Å². The summed E-state index contributed by atoms with van der Waals surface area (Å²) >= 11 is 0. The van der Waals surface area contributed by atoms with Gasteiger partial charge in [-0.25, -0.2) is 8.42 Å². The second-order valence-corrected chi connectivity index (χ2v) is 8.42. The Bertz CT molecular complexity index is 536. The summed E-state index contributed by atoms with van der Waals surface area (Å²) in [5.74, 6) is 0.154. The lowest BCUT2D eigenvalue weighted by atomic mass is 10.1. The Labute approximate surface area is 122 Å². The summed E-state index contributed by atoms with van der Waals surface area (Å²) in [6, 6.07) is 3.88. The monoisotopic (exact) mass is 299 g/mol. The molecular formula is C14H25N3O2S. The molecule has 0 amide bonds. The van der Waals surface area contributed by atoms with Crippen molar-refractivity contribution in [3.05, 3.63) is 24.0 Å². The van der Waals surface area contributed by atoms with Crippen LogP contribution in [0.3, 0.4) is 0 Å². The van der Waals surface area contributed by atoms with Gasteiger partial charge in [-0.3, -0.25) is 4.98 Å². The summed E-state index contributed by atoms with van der Waals surface area (Å²) in [4.78, 5) is 6.26. The van der Waals surface area contributed by atoms with E-state index in [0.717, 1.165) is 11.4 Å². The second kappa shape index (κ2) is 6.54. The van der Waals surface area contributed by atoms with Gasteiger partial charge in [-0.15, -0.1) is 0 Å². The topological polar surface area (TPSA) is 62.3 Å². The molecule has 0 aromatic carbocycles. The zero-order chi connectivity index (χ0) is 15.4. The predicted octanol–water partition coefficient (Wildman–Crippen LogP) is 1.45. The molecule has 0 aliphatic heterocycles. The number of anilines is 1. The third-order valence-electron chi connectivity index (χ3n) is 2.84. The molecule has 1 heterocycles. The van der Waals surface area contributed by atoms with Crippen molar-refractivity contribution in [2.24, 2.45) is 0 Å². The molecule has 20 heavy (non-hydrogen) atoms. The quantitative estimate of drug-likeness (QED) is 0.861. The first-order valence-corrected chi connectivity index (χ1v) is 8.72. The minimum atomic E-state index is -2.94. The summed E-state index contributed by atoms with van der Waals surface area (Å²) in [7, 11) is -1.05. The van der Waals surface area contributed by atoms with Crippen LogP contribution in [-0.2, 0) is 16.4 Å². The van der Waals surface area contributed by atoms with E-state index in [-0.39, 0.29) is 11.3 Å². The fraction of sp³-hybridized carbons (Fsp3) is 0.643. The first-order chi connectivity index (χ1) is 9.07. The van der Waals surface area contributed by atoms with Crippen molar-refractivity contribution in [2.45, 2.75) is 32.9 Å². The van der Waals surface area contributed by atoms with E-state index < -0.39 is 9.84 Å². The maximum atomic E-state index is 11.2. The van der Waals surface area contributed by atoms with Crippen molar-refractivity contribution in [1.29, 1.82) is 0 Å². The molecule has 0 radical (unpaired) electrons. The van der Waals surface area contributed by atoms with Crippen LogP contribution in [0.5, 0.6) is 0 Å². The Morgan fingerprint density at radius 2 is 2.00 bits per heavy atom. The summed E-state index contributed by atoms with van der Waals surface area (Å²) in [6.45, 7) is 7.49. The normalized spacial score (nSPS) is 12.4. The number of pyridine rings is 1. The molecule has 1 aromatic rings. The minimum absolute atomic E-state index is 0.0415. The fourth-order valence-corrected chi connectivity index (χ4v) is 2.19. The van der Waals surface area contributed by atoms with Crippen LogP contribution in [0.15, 0.2) is 18.3 Å². The highest BCUT2D eigenvalue weighted by molar-refractivity contribution is 7.90.